The number of nitrogens with zero attached hydrogens (tertiary/aromatic N) is 1. The zero-order chi connectivity index (χ0) is 15.1. The maximum absolute atomic E-state index is 13.8. The fourth-order valence-corrected chi connectivity index (χ4v) is 1.92. The van der Waals surface area contributed by atoms with Gasteiger partial charge in [0.05, 0.1) is 11.3 Å². The maximum atomic E-state index is 13.8. The summed E-state index contributed by atoms with van der Waals surface area (Å²) in [7, 11) is 0. The normalized spacial score (nSPS) is 10.2. The number of pyridine rings is 1. The van der Waals surface area contributed by atoms with E-state index in [1.165, 1.54) is 12.1 Å². The predicted octanol–water partition coefficient (Wildman–Crippen LogP) is 2.97. The molecular formula is C16H18FN3O. The summed E-state index contributed by atoms with van der Waals surface area (Å²) >= 11 is 0. The molecule has 1 aromatic carbocycles. The first-order valence-corrected chi connectivity index (χ1v) is 6.92. The highest BCUT2D eigenvalue weighted by atomic mass is 19.1. The molecule has 4 nitrogen and oxygen atoms in total. The van der Waals surface area contributed by atoms with Gasteiger partial charge in [-0.05, 0) is 36.2 Å². The molecule has 0 fully saturated rings. The molecule has 5 heteroatoms. The van der Waals surface area contributed by atoms with E-state index in [1.807, 2.05) is 19.1 Å². The van der Waals surface area contributed by atoms with Crippen LogP contribution < -0.4 is 10.6 Å². The highest BCUT2D eigenvalue weighted by Crippen LogP contribution is 2.20. The fourth-order valence-electron chi connectivity index (χ4n) is 1.92. The smallest absolute Gasteiger partial charge is 0.253 e. The molecule has 21 heavy (non-hydrogen) atoms. The summed E-state index contributed by atoms with van der Waals surface area (Å²) in [5.74, 6) is -0.718. The third kappa shape index (κ3) is 4.02. The van der Waals surface area contributed by atoms with E-state index in [9.17, 15) is 9.18 Å². The van der Waals surface area contributed by atoms with Gasteiger partial charge in [-0.2, -0.15) is 0 Å². The van der Waals surface area contributed by atoms with Gasteiger partial charge < -0.3 is 10.6 Å². The molecule has 0 spiro atoms. The second-order valence-corrected chi connectivity index (χ2v) is 4.63. The van der Waals surface area contributed by atoms with Crippen LogP contribution in [0.2, 0.25) is 0 Å². The van der Waals surface area contributed by atoms with Gasteiger partial charge in [-0.1, -0.05) is 13.0 Å². The van der Waals surface area contributed by atoms with Crippen molar-refractivity contribution in [2.75, 3.05) is 11.9 Å². The second kappa shape index (κ2) is 7.38. The number of halogens is 1. The van der Waals surface area contributed by atoms with Crippen molar-refractivity contribution in [1.29, 1.82) is 0 Å². The van der Waals surface area contributed by atoms with E-state index in [4.69, 9.17) is 0 Å². The summed E-state index contributed by atoms with van der Waals surface area (Å²) in [6, 6.07) is 8.14. The molecule has 0 radical (unpaired) electrons. The van der Waals surface area contributed by atoms with Crippen LogP contribution in [0.1, 0.15) is 29.3 Å². The molecule has 0 saturated heterocycles. The molecule has 0 bridgehead atoms. The van der Waals surface area contributed by atoms with Crippen molar-refractivity contribution >= 4 is 11.6 Å². The predicted molar refractivity (Wildman–Crippen MR) is 80.6 cm³/mol. The molecule has 0 aliphatic rings. The number of nitrogens with one attached hydrogen (secondary N) is 2. The third-order valence-electron chi connectivity index (χ3n) is 3.01. The number of amides is 1. The maximum Gasteiger partial charge on any atom is 0.253 e. The SMILES string of the molecule is CCCNc1c(F)cccc1C(=O)NCc1ccncc1. The molecule has 1 heterocycles. The molecule has 0 atom stereocenters. The highest BCUT2D eigenvalue weighted by molar-refractivity contribution is 5.99. The first kappa shape index (κ1) is 15.0. The number of carbonyl (C=O) groups excluding carboxylic acids is 1. The van der Waals surface area contributed by atoms with Crippen LogP contribution in [0, 0.1) is 5.82 Å². The molecule has 0 unspecified atom stereocenters. The Labute approximate surface area is 123 Å². The Morgan fingerprint density at radius 2 is 2.00 bits per heavy atom. The van der Waals surface area contributed by atoms with Crippen LogP contribution in [-0.4, -0.2) is 17.4 Å². The Bertz CT molecular complexity index is 602. The average molecular weight is 287 g/mol. The zero-order valence-corrected chi connectivity index (χ0v) is 11.9. The Kier molecular flexibility index (Phi) is 5.26. The van der Waals surface area contributed by atoms with E-state index in [2.05, 4.69) is 15.6 Å². The van der Waals surface area contributed by atoms with E-state index < -0.39 is 5.82 Å². The second-order valence-electron chi connectivity index (χ2n) is 4.63. The van der Waals surface area contributed by atoms with E-state index in [-0.39, 0.29) is 11.6 Å². The molecule has 0 saturated carbocycles. The number of benzene rings is 1. The topological polar surface area (TPSA) is 54.0 Å². The van der Waals surface area contributed by atoms with Gasteiger partial charge >= 0.3 is 0 Å². The van der Waals surface area contributed by atoms with Crippen molar-refractivity contribution in [3.63, 3.8) is 0 Å². The van der Waals surface area contributed by atoms with Crippen LogP contribution >= 0.6 is 0 Å². The minimum Gasteiger partial charge on any atom is -0.382 e. The van der Waals surface area contributed by atoms with Crippen LogP contribution in [0.25, 0.3) is 0 Å². The van der Waals surface area contributed by atoms with Crippen molar-refractivity contribution in [2.45, 2.75) is 19.9 Å². The standard InChI is InChI=1S/C16H18FN3O/c1-2-8-19-15-13(4-3-5-14(15)17)16(21)20-11-12-6-9-18-10-7-12/h3-7,9-10,19H,2,8,11H2,1H3,(H,20,21). The van der Waals surface area contributed by atoms with E-state index in [0.717, 1.165) is 12.0 Å². The monoisotopic (exact) mass is 287 g/mol. The van der Waals surface area contributed by atoms with Crippen molar-refractivity contribution in [3.05, 3.63) is 59.7 Å². The first-order valence-electron chi connectivity index (χ1n) is 6.92. The van der Waals surface area contributed by atoms with Gasteiger partial charge in [0.1, 0.15) is 5.82 Å². The van der Waals surface area contributed by atoms with Gasteiger partial charge in [0.15, 0.2) is 0 Å². The number of rotatable bonds is 6. The summed E-state index contributed by atoms with van der Waals surface area (Å²) in [4.78, 5) is 16.1. The van der Waals surface area contributed by atoms with Crippen molar-refractivity contribution in [3.8, 4) is 0 Å². The van der Waals surface area contributed by atoms with E-state index in [0.29, 0.717) is 18.7 Å². The number of carbonyl (C=O) groups is 1. The van der Waals surface area contributed by atoms with Gasteiger partial charge in [0, 0.05) is 25.5 Å². The molecule has 110 valence electrons. The lowest BCUT2D eigenvalue weighted by Crippen LogP contribution is -2.24. The summed E-state index contributed by atoms with van der Waals surface area (Å²) in [5, 5.41) is 5.75. The number of anilines is 1. The van der Waals surface area contributed by atoms with Crippen molar-refractivity contribution in [1.82, 2.24) is 10.3 Å². The van der Waals surface area contributed by atoms with Gasteiger partial charge in [-0.15, -0.1) is 0 Å². The van der Waals surface area contributed by atoms with Gasteiger partial charge in [-0.3, -0.25) is 9.78 Å². The Morgan fingerprint density at radius 3 is 2.71 bits per heavy atom. The Morgan fingerprint density at radius 1 is 1.24 bits per heavy atom. The van der Waals surface area contributed by atoms with Crippen LogP contribution in [-0.2, 0) is 6.54 Å². The Balaban J connectivity index is 2.09. The molecule has 2 rings (SSSR count). The zero-order valence-electron chi connectivity index (χ0n) is 11.9. The van der Waals surface area contributed by atoms with Crippen LogP contribution in [0.15, 0.2) is 42.7 Å². The summed E-state index contributed by atoms with van der Waals surface area (Å²) in [6.07, 6.45) is 4.18. The van der Waals surface area contributed by atoms with Crippen LogP contribution in [0.5, 0.6) is 0 Å². The molecular weight excluding hydrogens is 269 g/mol. The number of hydrogen-bond acceptors (Lipinski definition) is 3. The largest absolute Gasteiger partial charge is 0.382 e. The molecule has 2 N–H and O–H groups in total. The lowest BCUT2D eigenvalue weighted by molar-refractivity contribution is 0.0951. The van der Waals surface area contributed by atoms with Crippen LogP contribution in [0.4, 0.5) is 10.1 Å². The number of hydrogen-bond donors (Lipinski definition) is 2. The summed E-state index contributed by atoms with van der Waals surface area (Å²) in [6.45, 7) is 2.98. The highest BCUT2D eigenvalue weighted by Gasteiger charge is 2.14. The fraction of sp³-hybridized carbons (Fsp3) is 0.250. The minimum absolute atomic E-state index is 0.256. The number of aromatic nitrogens is 1. The van der Waals surface area contributed by atoms with Gasteiger partial charge in [-0.25, -0.2) is 4.39 Å². The minimum atomic E-state index is -0.417. The van der Waals surface area contributed by atoms with Crippen LogP contribution in [0.3, 0.4) is 0 Å². The third-order valence-corrected chi connectivity index (χ3v) is 3.01. The molecule has 0 aliphatic heterocycles. The first-order chi connectivity index (χ1) is 10.2. The van der Waals surface area contributed by atoms with Gasteiger partial charge in [0.25, 0.3) is 5.91 Å². The number of para-hydroxylation sites is 1. The molecule has 0 aliphatic carbocycles. The van der Waals surface area contributed by atoms with Crippen molar-refractivity contribution in [2.24, 2.45) is 0 Å². The molecule has 1 amide bonds. The lowest BCUT2D eigenvalue weighted by atomic mass is 10.1. The van der Waals surface area contributed by atoms with Gasteiger partial charge in [0.2, 0.25) is 0 Å². The Hall–Kier alpha value is -2.43. The summed E-state index contributed by atoms with van der Waals surface area (Å²) in [5.41, 5.74) is 1.52. The summed E-state index contributed by atoms with van der Waals surface area (Å²) < 4.78 is 13.8. The quantitative estimate of drug-likeness (QED) is 0.859. The van der Waals surface area contributed by atoms with E-state index >= 15 is 0 Å². The molecule has 1 aromatic heterocycles. The van der Waals surface area contributed by atoms with E-state index in [1.54, 1.807) is 18.5 Å². The molecule has 2 aromatic rings. The van der Waals surface area contributed by atoms with Crippen molar-refractivity contribution < 1.29 is 9.18 Å². The lowest BCUT2D eigenvalue weighted by Gasteiger charge is -2.12. The average Bonchev–Trinajstić information content (AvgIpc) is 2.52.